The number of nitrogens with zero attached hydrogens (tertiary/aromatic N) is 1. The van der Waals surface area contributed by atoms with Crippen LogP contribution in [0.5, 0.6) is 0 Å². The van der Waals surface area contributed by atoms with Gasteiger partial charge in [-0.05, 0) is 33.4 Å². The van der Waals surface area contributed by atoms with Gasteiger partial charge < -0.3 is 14.4 Å². The summed E-state index contributed by atoms with van der Waals surface area (Å²) in [5.74, 6) is -0.265. The lowest BCUT2D eigenvalue weighted by atomic mass is 10.00. The minimum atomic E-state index is -0.265. The second-order valence-electron chi connectivity index (χ2n) is 7.17. The molecule has 1 atom stereocenters. The number of hydrogen-bond donors (Lipinski definition) is 0. The zero-order chi connectivity index (χ0) is 16.3. The van der Waals surface area contributed by atoms with E-state index >= 15 is 0 Å². The molecule has 1 rings (SSSR count). The zero-order valence-corrected chi connectivity index (χ0v) is 15.5. The van der Waals surface area contributed by atoms with Crippen LogP contribution in [-0.2, 0) is 9.47 Å². The molecule has 1 fully saturated rings. The average molecular weight is 314 g/mol. The molecule has 22 heavy (non-hydrogen) atoms. The lowest BCUT2D eigenvalue weighted by molar-refractivity contribution is -0.180. The van der Waals surface area contributed by atoms with Gasteiger partial charge in [-0.15, -0.1) is 0 Å². The van der Waals surface area contributed by atoms with E-state index in [1.54, 1.807) is 0 Å². The number of rotatable bonds is 13. The molecule has 0 aromatic rings. The Morgan fingerprint density at radius 3 is 2.00 bits per heavy atom. The molecule has 1 aliphatic rings. The molecule has 1 aliphatic heterocycles. The first-order valence-corrected chi connectivity index (χ1v) is 9.58. The highest BCUT2D eigenvalue weighted by atomic mass is 16.7. The Balaban J connectivity index is 2.40. The maximum absolute atomic E-state index is 6.41. The summed E-state index contributed by atoms with van der Waals surface area (Å²) in [6.07, 6.45) is 13.9. The third-order valence-corrected chi connectivity index (χ3v) is 4.63. The predicted octanol–water partition coefficient (Wildman–Crippen LogP) is 4.99. The topological polar surface area (TPSA) is 21.7 Å². The van der Waals surface area contributed by atoms with E-state index in [1.165, 1.54) is 51.4 Å². The number of ether oxygens (including phenoxy) is 2. The van der Waals surface area contributed by atoms with Crippen LogP contribution in [0.25, 0.3) is 0 Å². The Morgan fingerprint density at radius 2 is 1.50 bits per heavy atom. The maximum Gasteiger partial charge on any atom is 0.168 e. The summed E-state index contributed by atoms with van der Waals surface area (Å²) < 4.78 is 12.6. The summed E-state index contributed by atoms with van der Waals surface area (Å²) in [5.41, 5.74) is 0. The zero-order valence-electron chi connectivity index (χ0n) is 15.5. The minimum absolute atomic E-state index is 0.265. The van der Waals surface area contributed by atoms with Crippen molar-refractivity contribution >= 4 is 0 Å². The Morgan fingerprint density at radius 1 is 0.909 bits per heavy atom. The molecule has 0 saturated carbocycles. The van der Waals surface area contributed by atoms with Gasteiger partial charge >= 0.3 is 0 Å². The fourth-order valence-corrected chi connectivity index (χ4v) is 3.19. The van der Waals surface area contributed by atoms with Crippen molar-refractivity contribution < 1.29 is 9.47 Å². The molecule has 3 nitrogen and oxygen atoms in total. The first-order chi connectivity index (χ1) is 10.6. The highest BCUT2D eigenvalue weighted by molar-refractivity contribution is 4.80. The van der Waals surface area contributed by atoms with Crippen LogP contribution in [0, 0.1) is 0 Å². The lowest BCUT2D eigenvalue weighted by Crippen LogP contribution is -2.31. The smallest absolute Gasteiger partial charge is 0.168 e. The van der Waals surface area contributed by atoms with Gasteiger partial charge in [0.1, 0.15) is 0 Å². The van der Waals surface area contributed by atoms with Gasteiger partial charge in [0.15, 0.2) is 5.79 Å². The van der Waals surface area contributed by atoms with Gasteiger partial charge in [0.2, 0.25) is 0 Å². The van der Waals surface area contributed by atoms with Gasteiger partial charge in [-0.1, -0.05) is 52.4 Å². The summed E-state index contributed by atoms with van der Waals surface area (Å²) in [4.78, 5) is 2.23. The molecule has 3 heteroatoms. The second kappa shape index (κ2) is 11.4. The predicted molar refractivity (Wildman–Crippen MR) is 94.2 cm³/mol. The van der Waals surface area contributed by atoms with Gasteiger partial charge in [0, 0.05) is 19.4 Å². The summed E-state index contributed by atoms with van der Waals surface area (Å²) in [5, 5.41) is 0. The number of unbranched alkanes of at least 4 members (excludes halogenated alkanes) is 6. The Bertz CT molecular complexity index is 256. The van der Waals surface area contributed by atoms with Gasteiger partial charge in [0.05, 0.1) is 12.7 Å². The Hall–Kier alpha value is -0.120. The summed E-state index contributed by atoms with van der Waals surface area (Å²) in [7, 11) is 4.25. The summed E-state index contributed by atoms with van der Waals surface area (Å²) in [6, 6.07) is 0. The first kappa shape index (κ1) is 19.9. The maximum atomic E-state index is 6.41. The van der Waals surface area contributed by atoms with Crippen molar-refractivity contribution in [2.45, 2.75) is 96.4 Å². The van der Waals surface area contributed by atoms with Gasteiger partial charge in [-0.25, -0.2) is 0 Å². The fraction of sp³-hybridized carbons (Fsp3) is 1.00. The quantitative estimate of drug-likeness (QED) is 0.447. The SMILES string of the molecule is CCCCCCC1(CCCCCC)OCC(CCN(C)C)O1. The van der Waals surface area contributed by atoms with Crippen LogP contribution in [-0.4, -0.2) is 44.0 Å². The molecule has 0 radical (unpaired) electrons. The average Bonchev–Trinajstić information content (AvgIpc) is 2.90. The van der Waals surface area contributed by atoms with E-state index in [4.69, 9.17) is 9.47 Å². The van der Waals surface area contributed by atoms with E-state index in [0.29, 0.717) is 6.10 Å². The summed E-state index contributed by atoms with van der Waals surface area (Å²) >= 11 is 0. The molecule has 1 saturated heterocycles. The van der Waals surface area contributed by atoms with Gasteiger partial charge in [-0.2, -0.15) is 0 Å². The molecular formula is C19H39NO2. The molecule has 0 aromatic carbocycles. The largest absolute Gasteiger partial charge is 0.347 e. The highest BCUT2D eigenvalue weighted by Crippen LogP contribution is 2.35. The molecule has 0 aliphatic carbocycles. The highest BCUT2D eigenvalue weighted by Gasteiger charge is 2.40. The van der Waals surface area contributed by atoms with Crippen molar-refractivity contribution in [1.29, 1.82) is 0 Å². The molecule has 0 aromatic heterocycles. The van der Waals surface area contributed by atoms with E-state index in [-0.39, 0.29) is 5.79 Å². The van der Waals surface area contributed by atoms with Crippen LogP contribution in [0.15, 0.2) is 0 Å². The van der Waals surface area contributed by atoms with Crippen molar-refractivity contribution in [2.24, 2.45) is 0 Å². The third kappa shape index (κ3) is 7.94. The van der Waals surface area contributed by atoms with Crippen LogP contribution in [0.1, 0.15) is 84.5 Å². The van der Waals surface area contributed by atoms with E-state index in [2.05, 4.69) is 32.8 Å². The van der Waals surface area contributed by atoms with Crippen LogP contribution in [0.2, 0.25) is 0 Å². The summed E-state index contributed by atoms with van der Waals surface area (Å²) in [6.45, 7) is 6.39. The Kier molecular flexibility index (Phi) is 10.3. The molecule has 0 bridgehead atoms. The molecule has 132 valence electrons. The molecule has 1 heterocycles. The molecule has 0 spiro atoms. The van der Waals surface area contributed by atoms with Crippen LogP contribution in [0.4, 0.5) is 0 Å². The number of hydrogen-bond acceptors (Lipinski definition) is 3. The van der Waals surface area contributed by atoms with Crippen molar-refractivity contribution in [1.82, 2.24) is 4.90 Å². The Labute approximate surface area is 138 Å². The molecule has 1 unspecified atom stereocenters. The standard InChI is InChI=1S/C19H39NO2/c1-5-7-9-11-14-19(15-12-10-8-6-2)21-17-18(22-19)13-16-20(3)4/h18H,5-17H2,1-4H3. The van der Waals surface area contributed by atoms with Crippen LogP contribution >= 0.6 is 0 Å². The molecule has 0 N–H and O–H groups in total. The van der Waals surface area contributed by atoms with Gasteiger partial charge in [0.25, 0.3) is 0 Å². The normalized spacial score (nSPS) is 20.9. The third-order valence-electron chi connectivity index (χ3n) is 4.63. The van der Waals surface area contributed by atoms with E-state index in [1.807, 2.05) is 0 Å². The van der Waals surface area contributed by atoms with E-state index < -0.39 is 0 Å². The van der Waals surface area contributed by atoms with E-state index in [0.717, 1.165) is 32.4 Å². The second-order valence-corrected chi connectivity index (χ2v) is 7.17. The fourth-order valence-electron chi connectivity index (χ4n) is 3.19. The first-order valence-electron chi connectivity index (χ1n) is 9.58. The van der Waals surface area contributed by atoms with E-state index in [9.17, 15) is 0 Å². The lowest BCUT2D eigenvalue weighted by Gasteiger charge is -2.28. The molecule has 0 amide bonds. The van der Waals surface area contributed by atoms with Crippen molar-refractivity contribution in [2.75, 3.05) is 27.2 Å². The van der Waals surface area contributed by atoms with Crippen molar-refractivity contribution in [3.63, 3.8) is 0 Å². The van der Waals surface area contributed by atoms with Gasteiger partial charge in [-0.3, -0.25) is 0 Å². The van der Waals surface area contributed by atoms with Crippen LogP contribution in [0.3, 0.4) is 0 Å². The monoisotopic (exact) mass is 313 g/mol. The van der Waals surface area contributed by atoms with Crippen LogP contribution < -0.4 is 0 Å². The van der Waals surface area contributed by atoms with Crippen molar-refractivity contribution in [3.8, 4) is 0 Å². The minimum Gasteiger partial charge on any atom is -0.347 e. The molecular weight excluding hydrogens is 274 g/mol. The van der Waals surface area contributed by atoms with Crippen molar-refractivity contribution in [3.05, 3.63) is 0 Å².